The third-order valence-electron chi connectivity index (χ3n) is 5.23. The van der Waals surface area contributed by atoms with Gasteiger partial charge in [-0.1, -0.05) is 53.7 Å². The zero-order valence-electron chi connectivity index (χ0n) is 16.4. The Kier molecular flexibility index (Phi) is 6.25. The van der Waals surface area contributed by atoms with Crippen LogP contribution < -0.4 is 10.9 Å². The fourth-order valence-corrected chi connectivity index (χ4v) is 4.83. The minimum absolute atomic E-state index is 0.0294. The van der Waals surface area contributed by atoms with Crippen molar-refractivity contribution in [3.63, 3.8) is 0 Å². The van der Waals surface area contributed by atoms with Crippen molar-refractivity contribution in [3.8, 4) is 0 Å². The van der Waals surface area contributed by atoms with Crippen LogP contribution in [0.5, 0.6) is 0 Å². The number of nitrogens with one attached hydrogen (secondary N) is 1. The van der Waals surface area contributed by atoms with E-state index in [-0.39, 0.29) is 23.3 Å². The highest BCUT2D eigenvalue weighted by atomic mass is 35.5. The quantitative estimate of drug-likeness (QED) is 0.348. The van der Waals surface area contributed by atoms with Crippen LogP contribution in [-0.2, 0) is 17.8 Å². The number of halogens is 1. The number of carbonyl (C=O) groups excluding carboxylic acids is 1. The molecular formula is C23H22ClN3O2S. The van der Waals surface area contributed by atoms with Gasteiger partial charge < -0.3 is 5.32 Å². The van der Waals surface area contributed by atoms with E-state index >= 15 is 0 Å². The van der Waals surface area contributed by atoms with Gasteiger partial charge in [0, 0.05) is 11.6 Å². The van der Waals surface area contributed by atoms with Crippen molar-refractivity contribution in [1.82, 2.24) is 14.9 Å². The van der Waals surface area contributed by atoms with Gasteiger partial charge in [-0.2, -0.15) is 0 Å². The molecule has 2 aromatic carbocycles. The Balaban J connectivity index is 1.53. The van der Waals surface area contributed by atoms with Crippen LogP contribution in [-0.4, -0.2) is 21.2 Å². The van der Waals surface area contributed by atoms with Gasteiger partial charge in [-0.15, -0.1) is 6.58 Å². The zero-order valence-corrected chi connectivity index (χ0v) is 18.0. The van der Waals surface area contributed by atoms with E-state index in [1.54, 1.807) is 24.3 Å². The Morgan fingerprint density at radius 3 is 3.00 bits per heavy atom. The van der Waals surface area contributed by atoms with Crippen LogP contribution in [0.15, 0.2) is 65.1 Å². The highest BCUT2D eigenvalue weighted by molar-refractivity contribution is 7.99. The number of aromatic nitrogens is 2. The van der Waals surface area contributed by atoms with Crippen molar-refractivity contribution in [2.45, 2.75) is 37.0 Å². The summed E-state index contributed by atoms with van der Waals surface area (Å²) < 4.78 is 1.54. The minimum atomic E-state index is -0.166. The summed E-state index contributed by atoms with van der Waals surface area (Å²) in [5, 5.41) is 4.63. The van der Waals surface area contributed by atoms with E-state index in [0.717, 1.165) is 19.3 Å². The first kappa shape index (κ1) is 20.7. The number of carbonyl (C=O) groups is 1. The molecule has 0 fully saturated rings. The molecule has 5 nitrogen and oxygen atoms in total. The van der Waals surface area contributed by atoms with Crippen LogP contribution in [0.4, 0.5) is 0 Å². The molecule has 0 radical (unpaired) electrons. The van der Waals surface area contributed by atoms with Crippen LogP contribution in [0.1, 0.15) is 30.0 Å². The molecule has 154 valence electrons. The monoisotopic (exact) mass is 439 g/mol. The standard InChI is InChI=1S/C23H22ClN3O2S/c1-2-12-27-22(29)18-11-10-16(24)13-20(18)26-23(27)30-14-21(28)25-19-9-5-7-15-6-3-4-8-17(15)19/h2-4,6,8,10-11,13,19H,1,5,7,9,12,14H2,(H,25,28)/t19-/m0/s1. The molecule has 0 aliphatic heterocycles. The average Bonchev–Trinajstić information content (AvgIpc) is 2.74. The Bertz CT molecular complexity index is 1170. The lowest BCUT2D eigenvalue weighted by atomic mass is 9.88. The van der Waals surface area contributed by atoms with Gasteiger partial charge in [-0.3, -0.25) is 14.2 Å². The Morgan fingerprint density at radius 1 is 1.33 bits per heavy atom. The number of hydrogen-bond donors (Lipinski definition) is 1. The van der Waals surface area contributed by atoms with E-state index in [0.29, 0.717) is 27.6 Å². The number of benzene rings is 2. The van der Waals surface area contributed by atoms with Gasteiger partial charge in [0.25, 0.3) is 5.56 Å². The normalized spacial score (nSPS) is 15.6. The largest absolute Gasteiger partial charge is 0.349 e. The molecule has 4 rings (SSSR count). The van der Waals surface area contributed by atoms with E-state index in [1.807, 2.05) is 12.1 Å². The third kappa shape index (κ3) is 4.30. The second kappa shape index (κ2) is 9.06. The van der Waals surface area contributed by atoms with Crippen LogP contribution in [0.25, 0.3) is 10.9 Å². The second-order valence-electron chi connectivity index (χ2n) is 7.26. The van der Waals surface area contributed by atoms with Gasteiger partial charge in [0.15, 0.2) is 5.16 Å². The number of rotatable bonds is 6. The van der Waals surface area contributed by atoms with Gasteiger partial charge in [-0.25, -0.2) is 4.98 Å². The summed E-state index contributed by atoms with van der Waals surface area (Å²) in [5.74, 6) is 0.0983. The molecule has 0 bridgehead atoms. The summed E-state index contributed by atoms with van der Waals surface area (Å²) in [5.41, 5.74) is 2.86. The SMILES string of the molecule is C=CCn1c(SCC(=O)N[C@H]2CCCc3ccccc32)nc2cc(Cl)ccc2c1=O. The highest BCUT2D eigenvalue weighted by Crippen LogP contribution is 2.29. The number of fused-ring (bicyclic) bond motifs is 2. The Hall–Kier alpha value is -2.57. The molecule has 1 N–H and O–H groups in total. The molecule has 30 heavy (non-hydrogen) atoms. The number of aryl methyl sites for hydroxylation is 1. The summed E-state index contributed by atoms with van der Waals surface area (Å²) in [6.45, 7) is 4.05. The molecule has 0 spiro atoms. The molecule has 0 saturated carbocycles. The molecule has 0 saturated heterocycles. The molecular weight excluding hydrogens is 418 g/mol. The molecule has 1 amide bonds. The van der Waals surface area contributed by atoms with Crippen LogP contribution in [0, 0.1) is 0 Å². The van der Waals surface area contributed by atoms with Gasteiger partial charge in [0.05, 0.1) is 22.7 Å². The maximum Gasteiger partial charge on any atom is 0.262 e. The fraction of sp³-hybridized carbons (Fsp3) is 0.261. The summed E-state index contributed by atoms with van der Waals surface area (Å²) in [6, 6.07) is 13.3. The van der Waals surface area contributed by atoms with Crippen molar-refractivity contribution in [3.05, 3.63) is 81.6 Å². The predicted octanol–water partition coefficient (Wildman–Crippen LogP) is 4.52. The molecule has 1 aromatic heterocycles. The smallest absolute Gasteiger partial charge is 0.262 e. The van der Waals surface area contributed by atoms with Crippen LogP contribution in [0.3, 0.4) is 0 Å². The maximum absolute atomic E-state index is 12.9. The lowest BCUT2D eigenvalue weighted by Crippen LogP contribution is -2.32. The molecule has 0 unspecified atom stereocenters. The zero-order chi connectivity index (χ0) is 21.1. The van der Waals surface area contributed by atoms with Crippen molar-refractivity contribution in [1.29, 1.82) is 0 Å². The summed E-state index contributed by atoms with van der Waals surface area (Å²) in [4.78, 5) is 30.1. The van der Waals surface area contributed by atoms with Gasteiger partial charge in [-0.05, 0) is 48.6 Å². The number of hydrogen-bond acceptors (Lipinski definition) is 4. The summed E-state index contributed by atoms with van der Waals surface area (Å²) in [7, 11) is 0. The lowest BCUT2D eigenvalue weighted by molar-refractivity contribution is -0.119. The summed E-state index contributed by atoms with van der Waals surface area (Å²) >= 11 is 7.31. The van der Waals surface area contributed by atoms with Crippen molar-refractivity contribution >= 4 is 40.2 Å². The highest BCUT2D eigenvalue weighted by Gasteiger charge is 2.22. The van der Waals surface area contributed by atoms with E-state index < -0.39 is 0 Å². The van der Waals surface area contributed by atoms with E-state index in [2.05, 4.69) is 29.0 Å². The number of nitrogens with zero attached hydrogens (tertiary/aromatic N) is 2. The van der Waals surface area contributed by atoms with Gasteiger partial charge >= 0.3 is 0 Å². The maximum atomic E-state index is 12.9. The molecule has 1 aliphatic rings. The minimum Gasteiger partial charge on any atom is -0.349 e. The van der Waals surface area contributed by atoms with Crippen LogP contribution in [0.2, 0.25) is 5.02 Å². The number of allylic oxidation sites excluding steroid dienone is 1. The molecule has 1 aliphatic carbocycles. The van der Waals surface area contributed by atoms with Gasteiger partial charge in [0.2, 0.25) is 5.91 Å². The van der Waals surface area contributed by atoms with Crippen molar-refractivity contribution < 1.29 is 4.79 Å². The first-order chi connectivity index (χ1) is 14.6. The van der Waals surface area contributed by atoms with E-state index in [4.69, 9.17) is 11.6 Å². The Morgan fingerprint density at radius 2 is 2.17 bits per heavy atom. The number of amides is 1. The molecule has 1 heterocycles. The lowest BCUT2D eigenvalue weighted by Gasteiger charge is -2.26. The van der Waals surface area contributed by atoms with E-state index in [1.165, 1.54) is 27.5 Å². The predicted molar refractivity (Wildman–Crippen MR) is 122 cm³/mol. The molecule has 7 heteroatoms. The third-order valence-corrected chi connectivity index (χ3v) is 6.44. The van der Waals surface area contributed by atoms with Crippen molar-refractivity contribution in [2.24, 2.45) is 0 Å². The fourth-order valence-electron chi connectivity index (χ4n) is 3.84. The van der Waals surface area contributed by atoms with E-state index in [9.17, 15) is 9.59 Å². The van der Waals surface area contributed by atoms with Gasteiger partial charge in [0.1, 0.15) is 0 Å². The van der Waals surface area contributed by atoms with Crippen molar-refractivity contribution in [2.75, 3.05) is 5.75 Å². The first-order valence-electron chi connectivity index (χ1n) is 9.88. The summed E-state index contributed by atoms with van der Waals surface area (Å²) in [6.07, 6.45) is 4.69. The second-order valence-corrected chi connectivity index (χ2v) is 8.64. The van der Waals surface area contributed by atoms with Crippen LogP contribution >= 0.6 is 23.4 Å². The average molecular weight is 440 g/mol. The topological polar surface area (TPSA) is 64.0 Å². The number of thioether (sulfide) groups is 1. The Labute approximate surface area is 184 Å². The molecule has 1 atom stereocenters. The molecule has 3 aromatic rings. The first-order valence-corrected chi connectivity index (χ1v) is 11.2.